The Labute approximate surface area is 128 Å². The van der Waals surface area contributed by atoms with Crippen molar-refractivity contribution in [2.75, 3.05) is 19.7 Å². The van der Waals surface area contributed by atoms with E-state index in [1.807, 2.05) is 18.2 Å². The quantitative estimate of drug-likeness (QED) is 0.616. The summed E-state index contributed by atoms with van der Waals surface area (Å²) in [5.74, 6) is 0.599. The van der Waals surface area contributed by atoms with Gasteiger partial charge < -0.3 is 15.8 Å². The van der Waals surface area contributed by atoms with Gasteiger partial charge in [0, 0.05) is 6.54 Å². The highest BCUT2D eigenvalue weighted by Crippen LogP contribution is 2.18. The van der Waals surface area contributed by atoms with Crippen molar-refractivity contribution < 1.29 is 9.53 Å². The smallest absolute Gasteiger partial charge is 0.255 e. The van der Waals surface area contributed by atoms with E-state index in [0.29, 0.717) is 31.0 Å². The average Bonchev–Trinajstić information content (AvgIpc) is 2.51. The Morgan fingerprint density at radius 1 is 1.14 bits per heavy atom. The summed E-state index contributed by atoms with van der Waals surface area (Å²) < 4.78 is 5.75. The fraction of sp³-hybridized carbons (Fsp3) is 0.588. The van der Waals surface area contributed by atoms with Crippen LogP contribution in [0.4, 0.5) is 0 Å². The molecular formula is C17H28N2O2. The molecule has 1 aromatic carbocycles. The molecule has 0 saturated carbocycles. The van der Waals surface area contributed by atoms with E-state index in [-0.39, 0.29) is 5.91 Å². The predicted molar refractivity (Wildman–Crippen MR) is 86.7 cm³/mol. The van der Waals surface area contributed by atoms with Gasteiger partial charge in [0.15, 0.2) is 0 Å². The van der Waals surface area contributed by atoms with Crippen LogP contribution in [0, 0.1) is 0 Å². The zero-order valence-corrected chi connectivity index (χ0v) is 13.1. The zero-order valence-electron chi connectivity index (χ0n) is 13.1. The van der Waals surface area contributed by atoms with Gasteiger partial charge in [-0.25, -0.2) is 0 Å². The molecule has 0 aromatic heterocycles. The van der Waals surface area contributed by atoms with Crippen molar-refractivity contribution in [1.29, 1.82) is 0 Å². The van der Waals surface area contributed by atoms with Gasteiger partial charge in [0.05, 0.1) is 12.2 Å². The first-order chi connectivity index (χ1) is 10.3. The third kappa shape index (κ3) is 7.14. The van der Waals surface area contributed by atoms with Gasteiger partial charge in [-0.05, 0) is 37.9 Å². The average molecular weight is 292 g/mol. The second-order valence-corrected chi connectivity index (χ2v) is 5.16. The van der Waals surface area contributed by atoms with Gasteiger partial charge >= 0.3 is 0 Å². The van der Waals surface area contributed by atoms with E-state index in [0.717, 1.165) is 19.3 Å². The highest BCUT2D eigenvalue weighted by Gasteiger charge is 2.11. The molecule has 4 nitrogen and oxygen atoms in total. The normalized spacial score (nSPS) is 10.4. The lowest BCUT2D eigenvalue weighted by atomic mass is 10.2. The summed E-state index contributed by atoms with van der Waals surface area (Å²) in [4.78, 5) is 12.1. The van der Waals surface area contributed by atoms with Crippen molar-refractivity contribution in [2.24, 2.45) is 5.73 Å². The summed E-state index contributed by atoms with van der Waals surface area (Å²) in [6, 6.07) is 7.42. The summed E-state index contributed by atoms with van der Waals surface area (Å²) in [5.41, 5.74) is 6.05. The third-order valence-electron chi connectivity index (χ3n) is 3.30. The van der Waals surface area contributed by atoms with Crippen LogP contribution in [0.15, 0.2) is 24.3 Å². The van der Waals surface area contributed by atoms with Crippen molar-refractivity contribution in [2.45, 2.75) is 45.4 Å². The number of para-hydroxylation sites is 1. The van der Waals surface area contributed by atoms with E-state index in [9.17, 15) is 4.79 Å². The number of nitrogens with two attached hydrogens (primary N) is 1. The van der Waals surface area contributed by atoms with E-state index in [4.69, 9.17) is 10.5 Å². The maximum absolute atomic E-state index is 12.1. The number of hydrogen-bond acceptors (Lipinski definition) is 3. The van der Waals surface area contributed by atoms with E-state index in [1.165, 1.54) is 19.3 Å². The third-order valence-corrected chi connectivity index (χ3v) is 3.30. The van der Waals surface area contributed by atoms with Crippen LogP contribution in [0.1, 0.15) is 55.8 Å². The van der Waals surface area contributed by atoms with Crippen LogP contribution < -0.4 is 15.8 Å². The SMILES string of the molecule is CCCCCCOc1ccccc1C(=O)NCCCCN. The molecule has 0 heterocycles. The second-order valence-electron chi connectivity index (χ2n) is 5.16. The van der Waals surface area contributed by atoms with Crippen molar-refractivity contribution in [3.05, 3.63) is 29.8 Å². The summed E-state index contributed by atoms with van der Waals surface area (Å²) in [6.07, 6.45) is 6.47. The number of ether oxygens (including phenoxy) is 1. The molecule has 21 heavy (non-hydrogen) atoms. The van der Waals surface area contributed by atoms with Gasteiger partial charge in [0.2, 0.25) is 0 Å². The molecule has 0 fully saturated rings. The molecule has 0 unspecified atom stereocenters. The first-order valence-electron chi connectivity index (χ1n) is 7.99. The number of amides is 1. The summed E-state index contributed by atoms with van der Waals surface area (Å²) in [6.45, 7) is 4.16. The van der Waals surface area contributed by atoms with Crippen LogP contribution in [-0.2, 0) is 0 Å². The molecule has 1 amide bonds. The molecule has 0 aliphatic carbocycles. The van der Waals surface area contributed by atoms with Crippen LogP contribution in [0.25, 0.3) is 0 Å². The van der Waals surface area contributed by atoms with Gasteiger partial charge in [0.1, 0.15) is 5.75 Å². The molecule has 3 N–H and O–H groups in total. The summed E-state index contributed by atoms with van der Waals surface area (Å²) in [7, 11) is 0. The largest absolute Gasteiger partial charge is 0.493 e. The van der Waals surface area contributed by atoms with Crippen molar-refractivity contribution >= 4 is 5.91 Å². The lowest BCUT2D eigenvalue weighted by Crippen LogP contribution is -2.25. The molecule has 1 rings (SSSR count). The molecule has 0 radical (unpaired) electrons. The van der Waals surface area contributed by atoms with Gasteiger partial charge in [-0.3, -0.25) is 4.79 Å². The summed E-state index contributed by atoms with van der Waals surface area (Å²) in [5, 5.41) is 2.91. The predicted octanol–water partition coefficient (Wildman–Crippen LogP) is 3.11. The van der Waals surface area contributed by atoms with Crippen molar-refractivity contribution in [1.82, 2.24) is 5.32 Å². The Morgan fingerprint density at radius 3 is 2.71 bits per heavy atom. The van der Waals surface area contributed by atoms with E-state index in [1.54, 1.807) is 6.07 Å². The Morgan fingerprint density at radius 2 is 1.95 bits per heavy atom. The number of hydrogen-bond donors (Lipinski definition) is 2. The van der Waals surface area contributed by atoms with Crippen molar-refractivity contribution in [3.8, 4) is 5.75 Å². The second kappa shape index (κ2) is 11.1. The fourth-order valence-electron chi connectivity index (χ4n) is 2.06. The molecule has 0 bridgehead atoms. The molecule has 0 atom stereocenters. The van der Waals surface area contributed by atoms with Gasteiger partial charge in [-0.2, -0.15) is 0 Å². The molecule has 0 aliphatic heterocycles. The number of rotatable bonds is 11. The lowest BCUT2D eigenvalue weighted by Gasteiger charge is -2.11. The Hall–Kier alpha value is -1.55. The van der Waals surface area contributed by atoms with E-state index < -0.39 is 0 Å². The molecule has 0 spiro atoms. The fourth-order valence-corrected chi connectivity index (χ4v) is 2.06. The van der Waals surface area contributed by atoms with Crippen LogP contribution in [0.2, 0.25) is 0 Å². The maximum Gasteiger partial charge on any atom is 0.255 e. The first-order valence-corrected chi connectivity index (χ1v) is 7.99. The van der Waals surface area contributed by atoms with E-state index >= 15 is 0 Å². The van der Waals surface area contributed by atoms with Crippen LogP contribution in [-0.4, -0.2) is 25.6 Å². The van der Waals surface area contributed by atoms with E-state index in [2.05, 4.69) is 12.2 Å². The number of nitrogens with one attached hydrogen (secondary N) is 1. The minimum absolute atomic E-state index is 0.0730. The first kappa shape index (κ1) is 17.5. The van der Waals surface area contributed by atoms with Gasteiger partial charge in [-0.15, -0.1) is 0 Å². The number of benzene rings is 1. The molecule has 118 valence electrons. The van der Waals surface area contributed by atoms with Gasteiger partial charge in [-0.1, -0.05) is 38.3 Å². The molecule has 4 heteroatoms. The topological polar surface area (TPSA) is 64.3 Å². The van der Waals surface area contributed by atoms with Crippen molar-refractivity contribution in [3.63, 3.8) is 0 Å². The summed E-state index contributed by atoms with van der Waals surface area (Å²) >= 11 is 0. The lowest BCUT2D eigenvalue weighted by molar-refractivity contribution is 0.0949. The molecular weight excluding hydrogens is 264 g/mol. The van der Waals surface area contributed by atoms with Crippen LogP contribution in [0.5, 0.6) is 5.75 Å². The zero-order chi connectivity index (χ0) is 15.3. The standard InChI is InChI=1S/C17H28N2O2/c1-2-3-4-9-14-21-16-11-6-5-10-15(16)17(20)19-13-8-7-12-18/h5-6,10-11H,2-4,7-9,12-14,18H2,1H3,(H,19,20). The number of carbonyl (C=O) groups excluding carboxylic acids is 1. The minimum Gasteiger partial charge on any atom is -0.493 e. The van der Waals surface area contributed by atoms with Crippen LogP contribution >= 0.6 is 0 Å². The maximum atomic E-state index is 12.1. The Bertz CT molecular complexity index is 408. The van der Waals surface area contributed by atoms with Gasteiger partial charge in [0.25, 0.3) is 5.91 Å². The highest BCUT2D eigenvalue weighted by atomic mass is 16.5. The van der Waals surface area contributed by atoms with Crippen LogP contribution in [0.3, 0.4) is 0 Å². The Kier molecular flexibility index (Phi) is 9.29. The monoisotopic (exact) mass is 292 g/mol. The number of unbranched alkanes of at least 4 members (excludes halogenated alkanes) is 4. The number of carbonyl (C=O) groups is 1. The Balaban J connectivity index is 2.44. The molecule has 0 aliphatic rings. The highest BCUT2D eigenvalue weighted by molar-refractivity contribution is 5.96. The minimum atomic E-state index is -0.0730. The molecule has 1 aromatic rings. The molecule has 0 saturated heterocycles.